The van der Waals surface area contributed by atoms with E-state index >= 15 is 0 Å². The number of carboxylic acid groups (broad SMARTS) is 1. The Labute approximate surface area is 207 Å². The number of carbonyl (C=O) groups is 2. The van der Waals surface area contributed by atoms with E-state index in [-0.39, 0.29) is 35.4 Å². The van der Waals surface area contributed by atoms with Crippen molar-refractivity contribution in [2.45, 2.75) is 56.4 Å². The quantitative estimate of drug-likeness (QED) is 0.238. The fraction of sp³-hybridized carbons (Fsp3) is 0.550. The topological polar surface area (TPSA) is 109 Å². The van der Waals surface area contributed by atoms with E-state index in [2.05, 4.69) is 25.9 Å². The van der Waals surface area contributed by atoms with E-state index < -0.39 is 17.9 Å². The fourth-order valence-corrected chi connectivity index (χ4v) is 6.10. The van der Waals surface area contributed by atoms with Crippen molar-refractivity contribution < 1.29 is 23.8 Å². The van der Waals surface area contributed by atoms with E-state index in [1.165, 1.54) is 23.6 Å². The number of esters is 1. The van der Waals surface area contributed by atoms with Gasteiger partial charge in [0.15, 0.2) is 16.1 Å². The number of thioether (sulfide) groups is 1. The summed E-state index contributed by atoms with van der Waals surface area (Å²) in [7, 11) is 0. The summed E-state index contributed by atoms with van der Waals surface area (Å²) < 4.78 is 20.5. The second-order valence-electron chi connectivity index (χ2n) is 7.83. The van der Waals surface area contributed by atoms with Gasteiger partial charge in [-0.25, -0.2) is 24.1 Å². The third-order valence-corrected chi connectivity index (χ3v) is 7.50. The molecule has 2 fully saturated rings. The standard InChI is InChI=1S/C20H22BrClFN5O4S/c1-3-33-19-24-15-13(16(21)25-17(22)14(15)23)18(26-19)27-8-10-4-5-12(28(10)20(30)31)11(27)6-7-32-9(2)29/h10-12H,3-8H2,1-2H3,(H,30,31)/t10-,11-,12+/m1/s1. The first-order valence-corrected chi connectivity index (χ1v) is 12.6. The lowest BCUT2D eigenvalue weighted by atomic mass is 9.99. The van der Waals surface area contributed by atoms with Gasteiger partial charge >= 0.3 is 12.1 Å². The fourth-order valence-electron chi connectivity index (χ4n) is 4.72. The van der Waals surface area contributed by atoms with Gasteiger partial charge in [0.2, 0.25) is 0 Å². The van der Waals surface area contributed by atoms with Crippen molar-refractivity contribution in [3.05, 3.63) is 15.6 Å². The number of piperazine rings is 1. The number of halogens is 3. The lowest BCUT2D eigenvalue weighted by Gasteiger charge is -2.46. The Kier molecular flexibility index (Phi) is 7.15. The minimum absolute atomic E-state index is 0.0505. The van der Waals surface area contributed by atoms with Crippen LogP contribution >= 0.6 is 39.3 Å². The monoisotopic (exact) mass is 561 g/mol. The van der Waals surface area contributed by atoms with Crippen LogP contribution in [0.1, 0.15) is 33.1 Å². The van der Waals surface area contributed by atoms with Gasteiger partial charge in [-0.05, 0) is 34.5 Å². The molecule has 1 N–H and O–H groups in total. The molecule has 9 nitrogen and oxygen atoms in total. The predicted octanol–water partition coefficient (Wildman–Crippen LogP) is 4.34. The minimum atomic E-state index is -0.977. The van der Waals surface area contributed by atoms with Crippen LogP contribution in [0, 0.1) is 5.82 Å². The van der Waals surface area contributed by atoms with Gasteiger partial charge in [-0.2, -0.15) is 0 Å². The van der Waals surface area contributed by atoms with Crippen LogP contribution in [0.3, 0.4) is 0 Å². The number of rotatable bonds is 6. The van der Waals surface area contributed by atoms with Gasteiger partial charge in [0.25, 0.3) is 0 Å². The normalized spacial score (nSPS) is 22.2. The van der Waals surface area contributed by atoms with Crippen molar-refractivity contribution in [3.63, 3.8) is 0 Å². The molecule has 0 aliphatic carbocycles. The number of pyridine rings is 1. The van der Waals surface area contributed by atoms with Crippen LogP contribution in [-0.2, 0) is 9.53 Å². The highest BCUT2D eigenvalue weighted by Crippen LogP contribution is 2.42. The highest BCUT2D eigenvalue weighted by atomic mass is 79.9. The molecule has 4 heterocycles. The first kappa shape index (κ1) is 24.2. The van der Waals surface area contributed by atoms with Gasteiger partial charge < -0.3 is 14.7 Å². The number of ether oxygens (including phenoxy) is 1. The number of hydrogen-bond donors (Lipinski definition) is 1. The summed E-state index contributed by atoms with van der Waals surface area (Å²) in [6.45, 7) is 3.77. The third kappa shape index (κ3) is 4.57. The zero-order chi connectivity index (χ0) is 23.9. The Morgan fingerprint density at radius 2 is 2.09 bits per heavy atom. The molecule has 0 spiro atoms. The summed E-state index contributed by atoms with van der Waals surface area (Å²) >= 11 is 10.7. The second-order valence-corrected chi connectivity index (χ2v) is 10.2. The summed E-state index contributed by atoms with van der Waals surface area (Å²) in [5, 5.41) is 10.3. The molecule has 0 saturated carbocycles. The first-order valence-electron chi connectivity index (χ1n) is 10.5. The Morgan fingerprint density at radius 1 is 1.33 bits per heavy atom. The Morgan fingerprint density at radius 3 is 2.76 bits per heavy atom. The molecular formula is C20H22BrClFN5O4S. The second kappa shape index (κ2) is 9.75. The number of carbonyl (C=O) groups excluding carboxylic acids is 1. The first-order chi connectivity index (χ1) is 15.7. The van der Waals surface area contributed by atoms with E-state index in [0.717, 1.165) is 0 Å². The van der Waals surface area contributed by atoms with Crippen molar-refractivity contribution in [2.75, 3.05) is 23.8 Å². The Bertz CT molecular complexity index is 1110. The zero-order valence-electron chi connectivity index (χ0n) is 17.9. The molecule has 2 aromatic rings. The molecule has 178 valence electrons. The third-order valence-electron chi connectivity index (χ3n) is 5.94. The molecule has 33 heavy (non-hydrogen) atoms. The number of fused-ring (bicyclic) bond motifs is 3. The Balaban J connectivity index is 1.86. The van der Waals surface area contributed by atoms with Crippen molar-refractivity contribution in [2.24, 2.45) is 0 Å². The highest BCUT2D eigenvalue weighted by molar-refractivity contribution is 9.10. The van der Waals surface area contributed by atoms with Crippen LogP contribution in [-0.4, -0.2) is 74.1 Å². The summed E-state index contributed by atoms with van der Waals surface area (Å²) in [5.74, 6) is -0.00392. The van der Waals surface area contributed by atoms with E-state index in [0.29, 0.717) is 52.5 Å². The molecule has 4 rings (SSSR count). The number of anilines is 1. The molecule has 3 atom stereocenters. The van der Waals surface area contributed by atoms with Crippen LogP contribution in [0.5, 0.6) is 0 Å². The molecule has 0 aromatic carbocycles. The SMILES string of the molecule is CCSc1nc(N2C[C@H]3CC[C@@H]([C@H]2CCOC(C)=O)N3C(=O)O)c2c(Br)nc(Cl)c(F)c2n1. The van der Waals surface area contributed by atoms with Gasteiger partial charge in [0.05, 0.1) is 30.1 Å². The average Bonchev–Trinajstić information content (AvgIpc) is 3.08. The lowest BCUT2D eigenvalue weighted by Crippen LogP contribution is -2.61. The predicted molar refractivity (Wildman–Crippen MR) is 125 cm³/mol. The van der Waals surface area contributed by atoms with Crippen LogP contribution in [0.2, 0.25) is 5.15 Å². The molecule has 13 heteroatoms. The molecule has 2 aliphatic heterocycles. The van der Waals surface area contributed by atoms with Gasteiger partial charge in [0, 0.05) is 19.9 Å². The van der Waals surface area contributed by atoms with Gasteiger partial charge in [-0.15, -0.1) is 0 Å². The lowest BCUT2D eigenvalue weighted by molar-refractivity contribution is -0.141. The van der Waals surface area contributed by atoms with Crippen LogP contribution in [0.15, 0.2) is 9.76 Å². The van der Waals surface area contributed by atoms with E-state index in [4.69, 9.17) is 21.3 Å². The van der Waals surface area contributed by atoms with Gasteiger partial charge in [0.1, 0.15) is 15.9 Å². The van der Waals surface area contributed by atoms with Crippen molar-refractivity contribution in [3.8, 4) is 0 Å². The molecule has 2 saturated heterocycles. The van der Waals surface area contributed by atoms with Crippen LogP contribution in [0.25, 0.3) is 10.9 Å². The number of nitrogens with zero attached hydrogens (tertiary/aromatic N) is 5. The molecule has 0 unspecified atom stereocenters. The summed E-state index contributed by atoms with van der Waals surface area (Å²) in [6, 6.07) is -0.871. The smallest absolute Gasteiger partial charge is 0.407 e. The number of amides is 1. The molecular weight excluding hydrogens is 541 g/mol. The molecule has 1 amide bonds. The Hall–Kier alpha value is -1.92. The van der Waals surface area contributed by atoms with Gasteiger partial charge in [-0.1, -0.05) is 30.3 Å². The molecule has 2 aliphatic rings. The molecule has 0 radical (unpaired) electrons. The van der Waals surface area contributed by atoms with E-state index in [9.17, 15) is 19.1 Å². The minimum Gasteiger partial charge on any atom is -0.466 e. The maximum Gasteiger partial charge on any atom is 0.407 e. The largest absolute Gasteiger partial charge is 0.466 e. The maximum absolute atomic E-state index is 15.0. The van der Waals surface area contributed by atoms with E-state index in [1.54, 1.807) is 0 Å². The zero-order valence-corrected chi connectivity index (χ0v) is 21.1. The summed E-state index contributed by atoms with van der Waals surface area (Å²) in [4.78, 5) is 40.0. The highest BCUT2D eigenvalue weighted by Gasteiger charge is 2.49. The van der Waals surface area contributed by atoms with Crippen molar-refractivity contribution >= 4 is 68.1 Å². The van der Waals surface area contributed by atoms with Crippen LogP contribution < -0.4 is 4.90 Å². The van der Waals surface area contributed by atoms with Crippen LogP contribution in [0.4, 0.5) is 15.0 Å². The summed E-state index contributed by atoms with van der Waals surface area (Å²) in [6.07, 6.45) is 0.799. The molecule has 2 bridgehead atoms. The number of aromatic nitrogens is 3. The van der Waals surface area contributed by atoms with Crippen molar-refractivity contribution in [1.82, 2.24) is 19.9 Å². The summed E-state index contributed by atoms with van der Waals surface area (Å²) in [5.41, 5.74) is 0.0505. The number of hydrogen-bond acceptors (Lipinski definition) is 8. The van der Waals surface area contributed by atoms with Crippen molar-refractivity contribution in [1.29, 1.82) is 0 Å². The van der Waals surface area contributed by atoms with E-state index in [1.807, 2.05) is 11.8 Å². The molecule has 2 aromatic heterocycles. The maximum atomic E-state index is 15.0. The average molecular weight is 563 g/mol. The van der Waals surface area contributed by atoms with Gasteiger partial charge in [-0.3, -0.25) is 9.69 Å².